The van der Waals surface area contributed by atoms with Crippen LogP contribution >= 0.6 is 0 Å². The standard InChI is InChI=1S/C31H39N3O5/c1-5-6-17-39-28-13-12-26(36-2)24-14-16-34(21-30(35)33-20-23-9-7-8-15-32-23)25(31(24)28)18-22-10-11-27(37-3)29(19-22)38-4/h7-13,15,19,25H,5-6,14,16-18,20-21H2,1-4H3,(H,33,35). The van der Waals surface area contributed by atoms with Gasteiger partial charge in [0, 0.05) is 29.9 Å². The summed E-state index contributed by atoms with van der Waals surface area (Å²) < 4.78 is 23.1. The van der Waals surface area contributed by atoms with Crippen molar-refractivity contribution in [3.05, 3.63) is 77.1 Å². The Morgan fingerprint density at radius 2 is 1.77 bits per heavy atom. The van der Waals surface area contributed by atoms with E-state index in [0.717, 1.165) is 59.7 Å². The second kappa shape index (κ2) is 13.8. The lowest BCUT2D eigenvalue weighted by atomic mass is 9.87. The van der Waals surface area contributed by atoms with Crippen LogP contribution in [-0.2, 0) is 24.2 Å². The Morgan fingerprint density at radius 3 is 2.49 bits per heavy atom. The number of hydrogen-bond donors (Lipinski definition) is 1. The fourth-order valence-corrected chi connectivity index (χ4v) is 5.07. The molecule has 1 aliphatic rings. The second-order valence-corrected chi connectivity index (χ2v) is 9.59. The molecule has 0 fully saturated rings. The minimum atomic E-state index is -0.0980. The number of aromatic nitrogens is 1. The van der Waals surface area contributed by atoms with Gasteiger partial charge in [-0.1, -0.05) is 25.5 Å². The third kappa shape index (κ3) is 7.00. The zero-order chi connectivity index (χ0) is 27.6. The number of hydrogen-bond acceptors (Lipinski definition) is 7. The van der Waals surface area contributed by atoms with Gasteiger partial charge in [-0.25, -0.2) is 0 Å². The monoisotopic (exact) mass is 533 g/mol. The molecule has 4 rings (SSSR count). The first-order valence-corrected chi connectivity index (χ1v) is 13.5. The number of methoxy groups -OCH3 is 3. The summed E-state index contributed by atoms with van der Waals surface area (Å²) in [6.07, 6.45) is 5.18. The molecule has 0 saturated carbocycles. The molecule has 1 aliphatic heterocycles. The maximum atomic E-state index is 13.1. The molecular weight excluding hydrogens is 494 g/mol. The molecule has 2 heterocycles. The van der Waals surface area contributed by atoms with E-state index in [2.05, 4.69) is 22.1 Å². The molecule has 8 nitrogen and oxygen atoms in total. The van der Waals surface area contributed by atoms with E-state index in [4.69, 9.17) is 18.9 Å². The highest BCUT2D eigenvalue weighted by molar-refractivity contribution is 5.78. The van der Waals surface area contributed by atoms with E-state index in [1.54, 1.807) is 27.5 Å². The van der Waals surface area contributed by atoms with Crippen LogP contribution < -0.4 is 24.3 Å². The van der Waals surface area contributed by atoms with E-state index in [9.17, 15) is 4.79 Å². The molecule has 0 bridgehead atoms. The lowest BCUT2D eigenvalue weighted by Crippen LogP contribution is -2.43. The summed E-state index contributed by atoms with van der Waals surface area (Å²) in [6, 6.07) is 15.6. The summed E-state index contributed by atoms with van der Waals surface area (Å²) in [5.74, 6) is 3.02. The molecule has 2 aromatic carbocycles. The lowest BCUT2D eigenvalue weighted by Gasteiger charge is -2.38. The highest BCUT2D eigenvalue weighted by atomic mass is 16.5. The number of fused-ring (bicyclic) bond motifs is 1. The maximum Gasteiger partial charge on any atom is 0.234 e. The van der Waals surface area contributed by atoms with E-state index in [0.29, 0.717) is 31.1 Å². The number of unbranched alkanes of at least 4 members (excludes halogenated alkanes) is 1. The van der Waals surface area contributed by atoms with Gasteiger partial charge in [-0.05, 0) is 61.2 Å². The van der Waals surface area contributed by atoms with Crippen molar-refractivity contribution in [2.45, 2.75) is 45.2 Å². The first-order chi connectivity index (χ1) is 19.1. The minimum absolute atomic E-state index is 0.0437. The number of pyridine rings is 1. The van der Waals surface area contributed by atoms with Crippen molar-refractivity contribution in [3.63, 3.8) is 0 Å². The Bertz CT molecular complexity index is 1230. The molecule has 39 heavy (non-hydrogen) atoms. The van der Waals surface area contributed by atoms with Gasteiger partial charge in [-0.2, -0.15) is 0 Å². The van der Waals surface area contributed by atoms with Crippen LogP contribution in [0.5, 0.6) is 23.0 Å². The number of ether oxygens (including phenoxy) is 4. The molecule has 0 aliphatic carbocycles. The number of carbonyl (C=O) groups excluding carboxylic acids is 1. The van der Waals surface area contributed by atoms with Gasteiger partial charge in [0.15, 0.2) is 11.5 Å². The molecule has 1 aromatic heterocycles. The summed E-state index contributed by atoms with van der Waals surface area (Å²) in [5.41, 5.74) is 4.13. The molecule has 1 N–H and O–H groups in total. The zero-order valence-corrected chi connectivity index (χ0v) is 23.4. The van der Waals surface area contributed by atoms with Crippen LogP contribution in [0.4, 0.5) is 0 Å². The highest BCUT2D eigenvalue weighted by Crippen LogP contribution is 2.43. The molecular formula is C31H39N3O5. The van der Waals surface area contributed by atoms with Crippen molar-refractivity contribution in [2.24, 2.45) is 0 Å². The number of rotatable bonds is 13. The Kier molecular flexibility index (Phi) is 10.0. The van der Waals surface area contributed by atoms with Crippen LogP contribution in [0.25, 0.3) is 0 Å². The number of carbonyl (C=O) groups is 1. The van der Waals surface area contributed by atoms with Gasteiger partial charge < -0.3 is 24.3 Å². The summed E-state index contributed by atoms with van der Waals surface area (Å²) in [7, 11) is 4.97. The molecule has 1 unspecified atom stereocenters. The maximum absolute atomic E-state index is 13.1. The highest BCUT2D eigenvalue weighted by Gasteiger charge is 2.34. The van der Waals surface area contributed by atoms with E-state index < -0.39 is 0 Å². The van der Waals surface area contributed by atoms with Crippen LogP contribution in [0.3, 0.4) is 0 Å². The van der Waals surface area contributed by atoms with Crippen LogP contribution in [-0.4, -0.2) is 56.8 Å². The zero-order valence-electron chi connectivity index (χ0n) is 23.4. The summed E-state index contributed by atoms with van der Waals surface area (Å²) in [5, 5.41) is 3.03. The first kappa shape index (κ1) is 28.2. The van der Waals surface area contributed by atoms with Crippen LogP contribution in [0.2, 0.25) is 0 Å². The van der Waals surface area contributed by atoms with Crippen LogP contribution in [0.1, 0.15) is 48.2 Å². The Balaban J connectivity index is 1.66. The van der Waals surface area contributed by atoms with Crippen LogP contribution in [0, 0.1) is 0 Å². The minimum Gasteiger partial charge on any atom is -0.496 e. The normalized spacial score (nSPS) is 14.8. The largest absolute Gasteiger partial charge is 0.496 e. The fourth-order valence-electron chi connectivity index (χ4n) is 5.07. The number of amides is 1. The van der Waals surface area contributed by atoms with Gasteiger partial charge >= 0.3 is 0 Å². The average molecular weight is 534 g/mol. The first-order valence-electron chi connectivity index (χ1n) is 13.5. The summed E-state index contributed by atoms with van der Waals surface area (Å²) in [4.78, 5) is 19.7. The van der Waals surface area contributed by atoms with Gasteiger partial charge in [0.05, 0.1) is 46.7 Å². The summed E-state index contributed by atoms with van der Waals surface area (Å²) >= 11 is 0. The Morgan fingerprint density at radius 1 is 1.00 bits per heavy atom. The molecule has 1 amide bonds. The molecule has 8 heteroatoms. The SMILES string of the molecule is CCCCOc1ccc(OC)c2c1C(Cc1ccc(OC)c(OC)c1)N(CC(=O)NCc1ccccn1)CC2. The predicted octanol–water partition coefficient (Wildman–Crippen LogP) is 4.74. The van der Waals surface area contributed by atoms with Crippen molar-refractivity contribution in [3.8, 4) is 23.0 Å². The number of nitrogens with zero attached hydrogens (tertiary/aromatic N) is 2. The van der Waals surface area contributed by atoms with Crippen molar-refractivity contribution in [1.82, 2.24) is 15.2 Å². The van der Waals surface area contributed by atoms with Gasteiger partial charge in [0.25, 0.3) is 0 Å². The summed E-state index contributed by atoms with van der Waals surface area (Å²) in [6.45, 7) is 4.16. The lowest BCUT2D eigenvalue weighted by molar-refractivity contribution is -0.123. The number of nitrogens with one attached hydrogen (secondary N) is 1. The van der Waals surface area contributed by atoms with E-state index in [1.807, 2.05) is 48.5 Å². The van der Waals surface area contributed by atoms with Gasteiger partial charge in [0.2, 0.25) is 5.91 Å². The third-order valence-corrected chi connectivity index (χ3v) is 7.09. The van der Waals surface area contributed by atoms with E-state index in [-0.39, 0.29) is 18.5 Å². The second-order valence-electron chi connectivity index (χ2n) is 9.59. The molecule has 0 spiro atoms. The fraction of sp³-hybridized carbons (Fsp3) is 0.419. The predicted molar refractivity (Wildman–Crippen MR) is 151 cm³/mol. The van der Waals surface area contributed by atoms with Crippen molar-refractivity contribution >= 4 is 5.91 Å². The molecule has 3 aromatic rings. The molecule has 0 saturated heterocycles. The molecule has 1 atom stereocenters. The third-order valence-electron chi connectivity index (χ3n) is 7.09. The average Bonchev–Trinajstić information content (AvgIpc) is 2.97. The topological polar surface area (TPSA) is 82.2 Å². The van der Waals surface area contributed by atoms with Crippen molar-refractivity contribution in [1.29, 1.82) is 0 Å². The quantitative estimate of drug-likeness (QED) is 0.318. The van der Waals surface area contributed by atoms with Gasteiger partial charge in [-0.3, -0.25) is 14.7 Å². The van der Waals surface area contributed by atoms with Crippen molar-refractivity contribution < 1.29 is 23.7 Å². The Labute approximate surface area is 231 Å². The Hall–Kier alpha value is -3.78. The number of benzene rings is 2. The van der Waals surface area contributed by atoms with E-state index >= 15 is 0 Å². The molecule has 208 valence electrons. The van der Waals surface area contributed by atoms with E-state index in [1.165, 1.54) is 0 Å². The van der Waals surface area contributed by atoms with Gasteiger partial charge in [0.1, 0.15) is 11.5 Å². The van der Waals surface area contributed by atoms with Crippen molar-refractivity contribution in [2.75, 3.05) is 41.0 Å². The van der Waals surface area contributed by atoms with Crippen LogP contribution in [0.15, 0.2) is 54.7 Å². The molecule has 0 radical (unpaired) electrons. The van der Waals surface area contributed by atoms with Gasteiger partial charge in [-0.15, -0.1) is 0 Å². The smallest absolute Gasteiger partial charge is 0.234 e.